The first kappa shape index (κ1) is 16.1. The van der Waals surface area contributed by atoms with Gasteiger partial charge in [-0.25, -0.2) is 0 Å². The zero-order chi connectivity index (χ0) is 17.3. The lowest BCUT2D eigenvalue weighted by atomic mass is 10.1. The summed E-state index contributed by atoms with van der Waals surface area (Å²) >= 11 is 0. The Morgan fingerprint density at radius 3 is 2.71 bits per heavy atom. The molecule has 6 nitrogen and oxygen atoms in total. The Morgan fingerprint density at radius 2 is 2.08 bits per heavy atom. The maximum absolute atomic E-state index is 12.4. The molecule has 1 aromatic carbocycles. The van der Waals surface area contributed by atoms with E-state index in [1.807, 2.05) is 12.1 Å². The lowest BCUT2D eigenvalue weighted by Gasteiger charge is -2.14. The third kappa shape index (κ3) is 3.13. The number of nitrogens with zero attached hydrogens (tertiary/aromatic N) is 1. The molecule has 24 heavy (non-hydrogen) atoms. The summed E-state index contributed by atoms with van der Waals surface area (Å²) in [5, 5.41) is 2.88. The van der Waals surface area contributed by atoms with Crippen molar-refractivity contribution in [1.82, 2.24) is 4.90 Å². The van der Waals surface area contributed by atoms with Gasteiger partial charge >= 0.3 is 0 Å². The smallest absolute Gasteiger partial charge is 0.253 e. The van der Waals surface area contributed by atoms with E-state index in [4.69, 9.17) is 9.15 Å². The molecule has 3 rings (SSSR count). The van der Waals surface area contributed by atoms with Gasteiger partial charge in [0, 0.05) is 31.5 Å². The average Bonchev–Trinajstić information content (AvgIpc) is 3.20. The summed E-state index contributed by atoms with van der Waals surface area (Å²) < 4.78 is 10.7. The van der Waals surface area contributed by atoms with Gasteiger partial charge in [0.2, 0.25) is 5.91 Å². The molecule has 2 aromatic rings. The Balaban J connectivity index is 1.71. The molecular formula is C18H20N2O4. The van der Waals surface area contributed by atoms with Crippen molar-refractivity contribution in [2.45, 2.75) is 12.3 Å². The molecule has 1 saturated carbocycles. The summed E-state index contributed by atoms with van der Waals surface area (Å²) in [4.78, 5) is 25.9. The highest BCUT2D eigenvalue weighted by Crippen LogP contribution is 2.48. The third-order valence-corrected chi connectivity index (χ3v) is 4.15. The SMILES string of the molecule is COc1cc(C(=O)N(C)C)ccc1NC(=O)[C@H]1C[C@@H]1c1ccco1. The number of methoxy groups -OCH3 is 1. The Morgan fingerprint density at radius 1 is 1.29 bits per heavy atom. The second-order valence-electron chi connectivity index (χ2n) is 6.07. The van der Waals surface area contributed by atoms with Gasteiger partial charge in [0.25, 0.3) is 5.91 Å². The summed E-state index contributed by atoms with van der Waals surface area (Å²) in [5.41, 5.74) is 1.07. The van der Waals surface area contributed by atoms with Crippen molar-refractivity contribution in [2.24, 2.45) is 5.92 Å². The largest absolute Gasteiger partial charge is 0.495 e. The second-order valence-corrected chi connectivity index (χ2v) is 6.07. The molecule has 0 saturated heterocycles. The van der Waals surface area contributed by atoms with Crippen LogP contribution in [0.2, 0.25) is 0 Å². The molecule has 0 bridgehead atoms. The van der Waals surface area contributed by atoms with Crippen LogP contribution in [-0.4, -0.2) is 37.9 Å². The van der Waals surface area contributed by atoms with Gasteiger partial charge < -0.3 is 19.4 Å². The molecule has 1 heterocycles. The van der Waals surface area contributed by atoms with Gasteiger partial charge in [-0.05, 0) is 36.8 Å². The zero-order valence-electron chi connectivity index (χ0n) is 13.9. The standard InChI is InChI=1S/C18H20N2O4/c1-20(2)18(22)11-6-7-14(16(9-11)23-3)19-17(21)13-10-12(13)15-5-4-8-24-15/h4-9,12-13H,10H2,1-3H3,(H,19,21)/t12-,13-/m0/s1. The quantitative estimate of drug-likeness (QED) is 0.916. The number of furan rings is 1. The summed E-state index contributed by atoms with van der Waals surface area (Å²) in [7, 11) is 4.89. The molecule has 1 aliphatic carbocycles. The monoisotopic (exact) mass is 328 g/mol. The molecule has 2 amide bonds. The van der Waals surface area contributed by atoms with Crippen molar-refractivity contribution in [2.75, 3.05) is 26.5 Å². The van der Waals surface area contributed by atoms with Crippen LogP contribution in [0.25, 0.3) is 0 Å². The molecular weight excluding hydrogens is 308 g/mol. The Labute approximate surface area is 140 Å². The van der Waals surface area contributed by atoms with E-state index in [1.165, 1.54) is 12.0 Å². The number of amides is 2. The molecule has 0 aliphatic heterocycles. The molecule has 1 aromatic heterocycles. The first-order chi connectivity index (χ1) is 11.5. The maximum Gasteiger partial charge on any atom is 0.253 e. The average molecular weight is 328 g/mol. The van der Waals surface area contributed by atoms with Crippen LogP contribution in [0.15, 0.2) is 41.0 Å². The highest BCUT2D eigenvalue weighted by atomic mass is 16.5. The van der Waals surface area contributed by atoms with Gasteiger partial charge in [-0.2, -0.15) is 0 Å². The minimum Gasteiger partial charge on any atom is -0.495 e. The van der Waals surface area contributed by atoms with Crippen LogP contribution >= 0.6 is 0 Å². The highest BCUT2D eigenvalue weighted by molar-refractivity contribution is 5.98. The van der Waals surface area contributed by atoms with Gasteiger partial charge in [-0.1, -0.05) is 0 Å². The molecule has 0 unspecified atom stereocenters. The Bertz CT molecular complexity index is 752. The summed E-state index contributed by atoms with van der Waals surface area (Å²) in [5.74, 6) is 1.16. The van der Waals surface area contributed by atoms with E-state index in [0.717, 1.165) is 12.2 Å². The molecule has 126 valence electrons. The molecule has 1 fully saturated rings. The number of rotatable bonds is 5. The predicted molar refractivity (Wildman–Crippen MR) is 89.2 cm³/mol. The zero-order valence-corrected chi connectivity index (χ0v) is 13.9. The molecule has 6 heteroatoms. The van der Waals surface area contributed by atoms with E-state index >= 15 is 0 Å². The lowest BCUT2D eigenvalue weighted by Crippen LogP contribution is -2.22. The number of benzene rings is 1. The normalized spacial score (nSPS) is 18.8. The van der Waals surface area contributed by atoms with Crippen LogP contribution in [0.1, 0.15) is 28.5 Å². The molecule has 1 N–H and O–H groups in total. The van der Waals surface area contributed by atoms with Gasteiger partial charge in [0.15, 0.2) is 0 Å². The van der Waals surface area contributed by atoms with Crippen molar-refractivity contribution in [1.29, 1.82) is 0 Å². The summed E-state index contributed by atoms with van der Waals surface area (Å²) in [6.45, 7) is 0. The van der Waals surface area contributed by atoms with E-state index in [2.05, 4.69) is 5.32 Å². The van der Waals surface area contributed by atoms with E-state index in [0.29, 0.717) is 17.0 Å². The number of hydrogen-bond acceptors (Lipinski definition) is 4. The fourth-order valence-electron chi connectivity index (χ4n) is 2.71. The predicted octanol–water partition coefficient (Wildman–Crippen LogP) is 2.73. The lowest BCUT2D eigenvalue weighted by molar-refractivity contribution is -0.117. The van der Waals surface area contributed by atoms with Crippen LogP contribution in [0.5, 0.6) is 5.75 Å². The number of nitrogens with one attached hydrogen (secondary N) is 1. The minimum atomic E-state index is -0.119. The summed E-state index contributed by atoms with van der Waals surface area (Å²) in [6, 6.07) is 8.72. The van der Waals surface area contributed by atoms with Crippen LogP contribution in [0.3, 0.4) is 0 Å². The number of anilines is 1. The molecule has 0 radical (unpaired) electrons. The topological polar surface area (TPSA) is 71.8 Å². The van der Waals surface area contributed by atoms with Crippen molar-refractivity contribution in [3.8, 4) is 5.75 Å². The van der Waals surface area contributed by atoms with Gasteiger partial charge in [-0.3, -0.25) is 9.59 Å². The van der Waals surface area contributed by atoms with Crippen LogP contribution < -0.4 is 10.1 Å². The van der Waals surface area contributed by atoms with Gasteiger partial charge in [0.05, 0.1) is 19.1 Å². The van der Waals surface area contributed by atoms with Crippen LogP contribution in [-0.2, 0) is 4.79 Å². The number of carbonyl (C=O) groups is 2. The van der Waals surface area contributed by atoms with Crippen molar-refractivity contribution in [3.63, 3.8) is 0 Å². The third-order valence-electron chi connectivity index (χ3n) is 4.15. The van der Waals surface area contributed by atoms with Gasteiger partial charge in [0.1, 0.15) is 11.5 Å². The summed E-state index contributed by atoms with van der Waals surface area (Å²) in [6.07, 6.45) is 2.39. The van der Waals surface area contributed by atoms with Crippen molar-refractivity contribution in [3.05, 3.63) is 47.9 Å². The first-order valence-electron chi connectivity index (χ1n) is 7.75. The van der Waals surface area contributed by atoms with E-state index in [1.54, 1.807) is 38.6 Å². The molecule has 2 atom stereocenters. The maximum atomic E-state index is 12.4. The fourth-order valence-corrected chi connectivity index (χ4v) is 2.71. The van der Waals surface area contributed by atoms with Gasteiger partial charge in [-0.15, -0.1) is 0 Å². The van der Waals surface area contributed by atoms with E-state index in [9.17, 15) is 9.59 Å². The van der Waals surface area contributed by atoms with Crippen molar-refractivity contribution < 1.29 is 18.7 Å². The van der Waals surface area contributed by atoms with E-state index < -0.39 is 0 Å². The van der Waals surface area contributed by atoms with E-state index in [-0.39, 0.29) is 23.7 Å². The second kappa shape index (κ2) is 6.39. The fraction of sp³-hybridized carbons (Fsp3) is 0.333. The number of hydrogen-bond donors (Lipinski definition) is 1. The van der Waals surface area contributed by atoms with Crippen molar-refractivity contribution >= 4 is 17.5 Å². The highest BCUT2D eigenvalue weighted by Gasteiger charge is 2.46. The Kier molecular flexibility index (Phi) is 4.29. The van der Waals surface area contributed by atoms with Crippen LogP contribution in [0, 0.1) is 5.92 Å². The number of carbonyl (C=O) groups excluding carboxylic acids is 2. The van der Waals surface area contributed by atoms with Crippen LogP contribution in [0.4, 0.5) is 5.69 Å². The first-order valence-corrected chi connectivity index (χ1v) is 7.75. The number of ether oxygens (including phenoxy) is 1. The molecule has 1 aliphatic rings. The Hall–Kier alpha value is -2.76. The minimum absolute atomic E-state index is 0.0682. The molecule has 0 spiro atoms.